The highest BCUT2D eigenvalue weighted by atomic mass is 16.1. The summed E-state index contributed by atoms with van der Waals surface area (Å²) in [5, 5.41) is 3.17. The fourth-order valence-corrected chi connectivity index (χ4v) is 1.42. The first-order valence-corrected chi connectivity index (χ1v) is 3.91. The maximum Gasteiger partial charge on any atom is 0.212 e. The van der Waals surface area contributed by atoms with Crippen LogP contribution in [0.2, 0.25) is 0 Å². The predicted molar refractivity (Wildman–Crippen MR) is 44.1 cm³/mol. The third kappa shape index (κ3) is 1.61. The van der Waals surface area contributed by atoms with E-state index in [4.69, 9.17) is 6.42 Å². The maximum atomic E-state index is 11.2. The van der Waals surface area contributed by atoms with Crippen molar-refractivity contribution in [2.75, 3.05) is 13.1 Å². The minimum Gasteiger partial charge on any atom is -0.316 e. The van der Waals surface area contributed by atoms with Gasteiger partial charge in [0.2, 0.25) is 5.78 Å². The number of nitrogens with one attached hydrogen (secondary N) is 1. The minimum absolute atomic E-state index is 0.0651. The smallest absolute Gasteiger partial charge is 0.212 e. The molecule has 0 saturated carbocycles. The van der Waals surface area contributed by atoms with Crippen LogP contribution in [-0.2, 0) is 4.79 Å². The van der Waals surface area contributed by atoms with Gasteiger partial charge in [0.15, 0.2) is 0 Å². The summed E-state index contributed by atoms with van der Waals surface area (Å²) in [5.74, 6) is 2.13. The first-order valence-electron chi connectivity index (χ1n) is 3.91. The Morgan fingerprint density at radius 3 is 2.91 bits per heavy atom. The van der Waals surface area contributed by atoms with Gasteiger partial charge in [-0.2, -0.15) is 0 Å². The lowest BCUT2D eigenvalue weighted by molar-refractivity contribution is -0.122. The second-order valence-electron chi connectivity index (χ2n) is 3.31. The molecule has 2 nitrogen and oxygen atoms in total. The number of piperidine rings is 1. The summed E-state index contributed by atoms with van der Waals surface area (Å²) in [4.78, 5) is 11.2. The molecule has 0 aromatic rings. The molecule has 1 fully saturated rings. The highest BCUT2D eigenvalue weighted by molar-refractivity contribution is 5.99. The molecule has 1 saturated heterocycles. The molecule has 2 heteroatoms. The zero-order chi connectivity index (χ0) is 8.32. The van der Waals surface area contributed by atoms with Crippen LogP contribution >= 0.6 is 0 Å². The summed E-state index contributed by atoms with van der Waals surface area (Å²) in [5.41, 5.74) is -0.299. The number of rotatable bonds is 1. The minimum atomic E-state index is -0.299. The Bertz CT molecular complexity index is 196. The average molecular weight is 151 g/mol. The lowest BCUT2D eigenvalue weighted by Crippen LogP contribution is -2.42. The number of Topliss-reactive ketones (excluding diaryl/α,β-unsaturated/α-hetero) is 1. The van der Waals surface area contributed by atoms with E-state index in [9.17, 15) is 4.79 Å². The summed E-state index contributed by atoms with van der Waals surface area (Å²) >= 11 is 0. The molecule has 0 aromatic heterocycles. The third-order valence-electron chi connectivity index (χ3n) is 2.28. The fourth-order valence-electron chi connectivity index (χ4n) is 1.42. The molecule has 1 unspecified atom stereocenters. The van der Waals surface area contributed by atoms with E-state index in [-0.39, 0.29) is 11.2 Å². The third-order valence-corrected chi connectivity index (χ3v) is 2.28. The standard InChI is InChI=1S/C9H13NO/c1-3-8(11)9(2)5-4-6-10-7-9/h1,10H,4-7H2,2H3. The van der Waals surface area contributed by atoms with E-state index in [2.05, 4.69) is 11.2 Å². The van der Waals surface area contributed by atoms with Crippen molar-refractivity contribution in [2.24, 2.45) is 5.41 Å². The largest absolute Gasteiger partial charge is 0.316 e. The van der Waals surface area contributed by atoms with Gasteiger partial charge in [-0.3, -0.25) is 4.79 Å². The topological polar surface area (TPSA) is 29.1 Å². The molecule has 1 aliphatic heterocycles. The molecule has 0 spiro atoms. The molecular weight excluding hydrogens is 138 g/mol. The summed E-state index contributed by atoms with van der Waals surface area (Å²) in [6.07, 6.45) is 7.03. The van der Waals surface area contributed by atoms with Crippen LogP contribution in [0.4, 0.5) is 0 Å². The molecule has 1 heterocycles. The molecule has 1 N–H and O–H groups in total. The van der Waals surface area contributed by atoms with Crippen molar-refractivity contribution in [3.8, 4) is 12.3 Å². The van der Waals surface area contributed by atoms with Gasteiger partial charge in [0.05, 0.1) is 5.41 Å². The van der Waals surface area contributed by atoms with Crippen LogP contribution in [0.1, 0.15) is 19.8 Å². The van der Waals surface area contributed by atoms with Gasteiger partial charge >= 0.3 is 0 Å². The van der Waals surface area contributed by atoms with Gasteiger partial charge < -0.3 is 5.32 Å². The van der Waals surface area contributed by atoms with Crippen LogP contribution in [0.25, 0.3) is 0 Å². The molecule has 0 amide bonds. The van der Waals surface area contributed by atoms with Crippen LogP contribution in [0.3, 0.4) is 0 Å². The lowest BCUT2D eigenvalue weighted by Gasteiger charge is -2.30. The fraction of sp³-hybridized carbons (Fsp3) is 0.667. The molecule has 1 atom stereocenters. The van der Waals surface area contributed by atoms with E-state index >= 15 is 0 Å². The second-order valence-corrected chi connectivity index (χ2v) is 3.31. The molecule has 0 radical (unpaired) electrons. The quantitative estimate of drug-likeness (QED) is 0.438. The van der Waals surface area contributed by atoms with Gasteiger partial charge in [0.25, 0.3) is 0 Å². The summed E-state index contributed by atoms with van der Waals surface area (Å²) in [7, 11) is 0. The Morgan fingerprint density at radius 1 is 1.73 bits per heavy atom. The van der Waals surface area contributed by atoms with Crippen molar-refractivity contribution >= 4 is 5.78 Å². The molecule has 1 rings (SSSR count). The first kappa shape index (κ1) is 8.29. The molecule has 0 aromatic carbocycles. The van der Waals surface area contributed by atoms with Crippen molar-refractivity contribution in [3.05, 3.63) is 0 Å². The van der Waals surface area contributed by atoms with E-state index in [1.54, 1.807) is 0 Å². The number of carbonyl (C=O) groups is 1. The Morgan fingerprint density at radius 2 is 2.45 bits per heavy atom. The lowest BCUT2D eigenvalue weighted by atomic mass is 9.79. The summed E-state index contributed by atoms with van der Waals surface area (Å²) < 4.78 is 0. The Labute approximate surface area is 67.4 Å². The average Bonchev–Trinajstić information content (AvgIpc) is 2.04. The van der Waals surface area contributed by atoms with Crippen LogP contribution in [0, 0.1) is 17.8 Å². The Balaban J connectivity index is 2.65. The molecule has 60 valence electrons. The zero-order valence-electron chi connectivity index (χ0n) is 6.81. The number of hydrogen-bond acceptors (Lipinski definition) is 2. The first-order chi connectivity index (χ1) is 5.19. The summed E-state index contributed by atoms with van der Waals surface area (Å²) in [6.45, 7) is 3.67. The highest BCUT2D eigenvalue weighted by Crippen LogP contribution is 2.25. The molecule has 11 heavy (non-hydrogen) atoms. The van der Waals surface area contributed by atoms with E-state index in [1.807, 2.05) is 6.92 Å². The van der Waals surface area contributed by atoms with Gasteiger partial charge in [0, 0.05) is 6.54 Å². The zero-order valence-corrected chi connectivity index (χ0v) is 6.81. The van der Waals surface area contributed by atoms with Gasteiger partial charge in [-0.05, 0) is 25.3 Å². The summed E-state index contributed by atoms with van der Waals surface area (Å²) in [6, 6.07) is 0. The van der Waals surface area contributed by atoms with E-state index in [0.29, 0.717) is 0 Å². The number of terminal acetylenes is 1. The second kappa shape index (κ2) is 3.06. The number of hydrogen-bond donors (Lipinski definition) is 1. The van der Waals surface area contributed by atoms with Crippen LogP contribution < -0.4 is 5.32 Å². The molecule has 0 bridgehead atoms. The van der Waals surface area contributed by atoms with E-state index in [0.717, 1.165) is 25.9 Å². The van der Waals surface area contributed by atoms with Crippen molar-refractivity contribution in [1.29, 1.82) is 0 Å². The molecule has 1 aliphatic rings. The van der Waals surface area contributed by atoms with Crippen LogP contribution in [0.15, 0.2) is 0 Å². The Hall–Kier alpha value is -0.810. The van der Waals surface area contributed by atoms with Crippen LogP contribution in [0.5, 0.6) is 0 Å². The van der Waals surface area contributed by atoms with Crippen molar-refractivity contribution in [1.82, 2.24) is 5.32 Å². The molecule has 0 aliphatic carbocycles. The van der Waals surface area contributed by atoms with Gasteiger partial charge in [-0.15, -0.1) is 6.42 Å². The van der Waals surface area contributed by atoms with Crippen molar-refractivity contribution < 1.29 is 4.79 Å². The van der Waals surface area contributed by atoms with Gasteiger partial charge in [-0.25, -0.2) is 0 Å². The SMILES string of the molecule is C#CC(=O)C1(C)CCCNC1. The van der Waals surface area contributed by atoms with E-state index < -0.39 is 0 Å². The van der Waals surface area contributed by atoms with Crippen molar-refractivity contribution in [2.45, 2.75) is 19.8 Å². The monoisotopic (exact) mass is 151 g/mol. The highest BCUT2D eigenvalue weighted by Gasteiger charge is 2.32. The van der Waals surface area contributed by atoms with Gasteiger partial charge in [0.1, 0.15) is 0 Å². The maximum absolute atomic E-state index is 11.2. The van der Waals surface area contributed by atoms with Crippen molar-refractivity contribution in [3.63, 3.8) is 0 Å². The van der Waals surface area contributed by atoms with Crippen LogP contribution in [-0.4, -0.2) is 18.9 Å². The number of ketones is 1. The van der Waals surface area contributed by atoms with Gasteiger partial charge in [-0.1, -0.05) is 6.92 Å². The van der Waals surface area contributed by atoms with E-state index in [1.165, 1.54) is 0 Å². The predicted octanol–water partition coefficient (Wildman–Crippen LogP) is 0.578. The number of carbonyl (C=O) groups excluding carboxylic acids is 1. The Kier molecular flexibility index (Phi) is 2.31. The molecular formula is C9H13NO. The normalized spacial score (nSPS) is 30.9.